The highest BCUT2D eigenvalue weighted by Gasteiger charge is 2.33. The lowest BCUT2D eigenvalue weighted by Gasteiger charge is -2.15. The number of hydrogen-bond donors (Lipinski definition) is 1. The molecule has 30 heavy (non-hydrogen) atoms. The number of nitrogens with one attached hydrogen (secondary N) is 1. The fourth-order valence-corrected chi connectivity index (χ4v) is 3.08. The molecule has 0 spiro atoms. The first-order chi connectivity index (χ1) is 14.0. The number of hydrogen-bond acceptors (Lipinski definition) is 4. The number of aryl methyl sites for hydroxylation is 2. The van der Waals surface area contributed by atoms with Crippen LogP contribution >= 0.6 is 11.6 Å². The van der Waals surface area contributed by atoms with Crippen molar-refractivity contribution in [2.45, 2.75) is 20.0 Å². The zero-order valence-electron chi connectivity index (χ0n) is 15.6. The van der Waals surface area contributed by atoms with Crippen molar-refractivity contribution in [2.24, 2.45) is 0 Å². The average molecular weight is 436 g/mol. The summed E-state index contributed by atoms with van der Waals surface area (Å²) in [5.41, 5.74) is -2.74. The first-order valence-electron chi connectivity index (χ1n) is 8.44. The minimum Gasteiger partial charge on any atom is -0.455 e. The van der Waals surface area contributed by atoms with Crippen molar-refractivity contribution in [1.82, 2.24) is 9.55 Å². The highest BCUT2D eigenvalue weighted by molar-refractivity contribution is 6.32. The maximum Gasteiger partial charge on any atom is 0.431 e. The Hall–Kier alpha value is -3.51. The summed E-state index contributed by atoms with van der Waals surface area (Å²) < 4.78 is 44.8. The zero-order chi connectivity index (χ0) is 22.2. The van der Waals surface area contributed by atoms with Gasteiger partial charge in [0.25, 0.3) is 5.56 Å². The summed E-state index contributed by atoms with van der Waals surface area (Å²) >= 11 is 6.11. The summed E-state index contributed by atoms with van der Waals surface area (Å²) in [6, 6.07) is 9.88. The summed E-state index contributed by atoms with van der Waals surface area (Å²) in [7, 11) is 0. The molecule has 0 saturated carbocycles. The second-order valence-electron chi connectivity index (χ2n) is 6.39. The Labute approximate surface area is 172 Å². The molecule has 10 heteroatoms. The van der Waals surface area contributed by atoms with E-state index in [9.17, 15) is 28.0 Å². The zero-order valence-corrected chi connectivity index (χ0v) is 16.4. The third kappa shape index (κ3) is 3.95. The van der Waals surface area contributed by atoms with E-state index >= 15 is 0 Å². The molecule has 0 aliphatic heterocycles. The number of nitriles is 1. The van der Waals surface area contributed by atoms with Gasteiger partial charge in [-0.2, -0.15) is 18.4 Å². The lowest BCUT2D eigenvalue weighted by molar-refractivity contribution is -0.141. The van der Waals surface area contributed by atoms with Crippen LogP contribution in [0.2, 0.25) is 5.02 Å². The summed E-state index contributed by atoms with van der Waals surface area (Å²) in [4.78, 5) is 26.1. The number of rotatable bonds is 3. The highest BCUT2D eigenvalue weighted by atomic mass is 35.5. The lowest BCUT2D eigenvalue weighted by atomic mass is 10.1. The van der Waals surface area contributed by atoms with Crippen molar-refractivity contribution in [1.29, 1.82) is 5.26 Å². The molecule has 0 amide bonds. The molecule has 0 radical (unpaired) electrons. The molecule has 1 N–H and O–H groups in total. The van der Waals surface area contributed by atoms with Crippen molar-refractivity contribution in [3.63, 3.8) is 0 Å². The standard InChI is InChI=1S/C20H13ClF3N3O3/c1-10-4-3-5-11(2)18(10)30-15-7-14(13(21)6-12(15)9-25)27-17(28)8-16(20(22,23)24)26-19(27)29/h3-8H,1-2H3,(H,26,29). The molecule has 3 rings (SSSR count). The fraction of sp³-hybridized carbons (Fsp3) is 0.150. The van der Waals surface area contributed by atoms with Gasteiger partial charge in [-0.25, -0.2) is 9.36 Å². The van der Waals surface area contributed by atoms with E-state index in [4.69, 9.17) is 16.3 Å². The summed E-state index contributed by atoms with van der Waals surface area (Å²) in [5, 5.41) is 9.22. The molecule has 0 saturated heterocycles. The van der Waals surface area contributed by atoms with Crippen LogP contribution < -0.4 is 16.0 Å². The van der Waals surface area contributed by atoms with Gasteiger partial charge in [-0.3, -0.25) is 4.79 Å². The van der Waals surface area contributed by atoms with Crippen LogP contribution in [0.15, 0.2) is 46.0 Å². The SMILES string of the molecule is Cc1cccc(C)c1Oc1cc(-n2c(=O)cc(C(F)(F)F)[nH]c2=O)c(Cl)cc1C#N. The molecule has 0 aliphatic rings. The van der Waals surface area contributed by atoms with Crippen LogP contribution in [-0.2, 0) is 6.18 Å². The molecular formula is C20H13ClF3N3O3. The van der Waals surface area contributed by atoms with Gasteiger partial charge in [0.15, 0.2) is 0 Å². The number of aromatic nitrogens is 2. The molecule has 6 nitrogen and oxygen atoms in total. The molecule has 0 atom stereocenters. The van der Waals surface area contributed by atoms with Crippen LogP contribution in [-0.4, -0.2) is 9.55 Å². The first-order valence-corrected chi connectivity index (χ1v) is 8.82. The van der Waals surface area contributed by atoms with E-state index in [0.29, 0.717) is 10.3 Å². The predicted molar refractivity (Wildman–Crippen MR) is 103 cm³/mol. The molecule has 0 fully saturated rings. The van der Waals surface area contributed by atoms with Gasteiger partial charge in [-0.15, -0.1) is 0 Å². The first kappa shape index (κ1) is 21.2. The molecular weight excluding hydrogens is 423 g/mol. The quantitative estimate of drug-likeness (QED) is 0.657. The maximum atomic E-state index is 12.8. The van der Waals surface area contributed by atoms with Crippen LogP contribution in [0.5, 0.6) is 11.5 Å². The second kappa shape index (κ2) is 7.72. The normalized spacial score (nSPS) is 11.2. The minimum absolute atomic E-state index is 0.0134. The minimum atomic E-state index is -4.90. The Kier molecular flexibility index (Phi) is 5.46. The smallest absolute Gasteiger partial charge is 0.431 e. The summed E-state index contributed by atoms with van der Waals surface area (Å²) in [6.07, 6.45) is -4.90. The van der Waals surface area contributed by atoms with Gasteiger partial charge >= 0.3 is 11.9 Å². The van der Waals surface area contributed by atoms with E-state index in [0.717, 1.165) is 17.2 Å². The third-order valence-electron chi connectivity index (χ3n) is 4.27. The van der Waals surface area contributed by atoms with E-state index < -0.39 is 23.1 Å². The number of nitrogens with zero attached hydrogens (tertiary/aromatic N) is 2. The van der Waals surface area contributed by atoms with Crippen molar-refractivity contribution < 1.29 is 17.9 Å². The van der Waals surface area contributed by atoms with Gasteiger partial charge in [0.1, 0.15) is 23.3 Å². The van der Waals surface area contributed by atoms with Gasteiger partial charge in [0.05, 0.1) is 16.3 Å². The Morgan fingerprint density at radius 1 is 1.13 bits per heavy atom. The van der Waals surface area contributed by atoms with E-state index in [1.165, 1.54) is 6.07 Å². The number of halogens is 4. The van der Waals surface area contributed by atoms with E-state index in [1.54, 1.807) is 31.0 Å². The largest absolute Gasteiger partial charge is 0.455 e. The van der Waals surface area contributed by atoms with Crippen molar-refractivity contribution in [3.05, 3.63) is 84.6 Å². The van der Waals surface area contributed by atoms with Crippen molar-refractivity contribution >= 4 is 11.6 Å². The van der Waals surface area contributed by atoms with Gasteiger partial charge in [-0.05, 0) is 31.0 Å². The van der Waals surface area contributed by atoms with Gasteiger partial charge < -0.3 is 9.72 Å². The number of aromatic amines is 1. The third-order valence-corrected chi connectivity index (χ3v) is 4.57. The van der Waals surface area contributed by atoms with E-state index in [2.05, 4.69) is 0 Å². The number of alkyl halides is 3. The number of benzene rings is 2. The summed E-state index contributed by atoms with van der Waals surface area (Å²) in [5.74, 6) is 0.441. The highest BCUT2D eigenvalue weighted by Crippen LogP contribution is 2.34. The Morgan fingerprint density at radius 3 is 2.30 bits per heavy atom. The number of ether oxygens (including phenoxy) is 1. The molecule has 0 unspecified atom stereocenters. The second-order valence-corrected chi connectivity index (χ2v) is 6.80. The van der Waals surface area contributed by atoms with Crippen molar-refractivity contribution in [3.8, 4) is 23.3 Å². The molecule has 1 heterocycles. The molecule has 2 aromatic carbocycles. The maximum absolute atomic E-state index is 12.8. The Balaban J connectivity index is 2.22. The van der Waals surface area contributed by atoms with Crippen LogP contribution in [0.3, 0.4) is 0 Å². The molecule has 3 aromatic rings. The van der Waals surface area contributed by atoms with Crippen LogP contribution in [0.4, 0.5) is 13.2 Å². The average Bonchev–Trinajstić information content (AvgIpc) is 2.65. The monoisotopic (exact) mass is 435 g/mol. The fourth-order valence-electron chi connectivity index (χ4n) is 2.83. The number of para-hydroxylation sites is 1. The topological polar surface area (TPSA) is 87.9 Å². The Bertz CT molecular complexity index is 1250. The van der Waals surface area contributed by atoms with E-state index in [-0.39, 0.29) is 28.1 Å². The van der Waals surface area contributed by atoms with E-state index in [1.807, 2.05) is 12.1 Å². The van der Waals surface area contributed by atoms with Gasteiger partial charge in [-0.1, -0.05) is 29.8 Å². The lowest BCUT2D eigenvalue weighted by Crippen LogP contribution is -2.36. The molecule has 0 aliphatic carbocycles. The van der Waals surface area contributed by atoms with Crippen LogP contribution in [0.25, 0.3) is 5.69 Å². The predicted octanol–water partition coefficient (Wildman–Crippen LogP) is 4.48. The van der Waals surface area contributed by atoms with Crippen LogP contribution in [0, 0.1) is 25.2 Å². The molecule has 1 aromatic heterocycles. The van der Waals surface area contributed by atoms with Gasteiger partial charge in [0, 0.05) is 12.1 Å². The summed E-state index contributed by atoms with van der Waals surface area (Å²) in [6.45, 7) is 3.58. The number of H-pyrrole nitrogens is 1. The Morgan fingerprint density at radius 2 is 1.77 bits per heavy atom. The van der Waals surface area contributed by atoms with Gasteiger partial charge in [0.2, 0.25) is 0 Å². The molecule has 154 valence electrons. The van der Waals surface area contributed by atoms with Crippen molar-refractivity contribution in [2.75, 3.05) is 0 Å². The van der Waals surface area contributed by atoms with Crippen LogP contribution in [0.1, 0.15) is 22.4 Å². The molecule has 0 bridgehead atoms.